The Morgan fingerprint density at radius 1 is 0.469 bits per heavy atom. The lowest BCUT2D eigenvalue weighted by molar-refractivity contribution is -0.134. The molecule has 0 aliphatic carbocycles. The van der Waals surface area contributed by atoms with Gasteiger partial charge in [-0.05, 0) is 86.2 Å². The van der Waals surface area contributed by atoms with Gasteiger partial charge in [-0.15, -0.1) is 34.0 Å². The molecule has 588 valence electrons. The van der Waals surface area contributed by atoms with Crippen molar-refractivity contribution in [3.05, 3.63) is 143 Å². The number of fused-ring (bicyclic) bond motifs is 3. The number of aromatic hydroxyl groups is 3. The number of thiophene rings is 3. The minimum atomic E-state index is -0.0477. The van der Waals surface area contributed by atoms with E-state index in [0.717, 1.165) is 160 Å². The van der Waals surface area contributed by atoms with Crippen LogP contribution in [-0.2, 0) is 44.7 Å². The summed E-state index contributed by atoms with van der Waals surface area (Å²) in [7, 11) is 0. The Morgan fingerprint density at radius 2 is 0.850 bits per heavy atom. The maximum Gasteiger partial charge on any atom is 0.246 e. The maximum absolute atomic E-state index is 12.5. The summed E-state index contributed by atoms with van der Waals surface area (Å²) >= 11 is 4.91. The van der Waals surface area contributed by atoms with Gasteiger partial charge in [-0.2, -0.15) is 0 Å². The number of hydrogen-bond donors (Lipinski definition) is 3. The normalized spacial score (nSPS) is 16.5. The molecule has 113 heavy (non-hydrogen) atoms. The molecule has 0 unspecified atom stereocenters. The summed E-state index contributed by atoms with van der Waals surface area (Å²) in [4.78, 5) is 112. The first-order chi connectivity index (χ1) is 55.0. The van der Waals surface area contributed by atoms with Crippen LogP contribution in [0, 0.1) is 23.7 Å². The monoisotopic (exact) mass is 1580 g/mol. The van der Waals surface area contributed by atoms with Crippen LogP contribution >= 0.6 is 34.0 Å². The first-order valence-electron chi connectivity index (χ1n) is 38.2. The molecule has 9 aromatic rings. The van der Waals surface area contributed by atoms with Crippen molar-refractivity contribution in [3.63, 3.8) is 0 Å². The number of ketones is 2. The van der Waals surface area contributed by atoms with Crippen molar-refractivity contribution in [3.8, 4) is 75.1 Å². The van der Waals surface area contributed by atoms with E-state index in [9.17, 15) is 39.3 Å². The molecule has 3 amide bonds. The molecule has 3 N–H and O–H groups in total. The quantitative estimate of drug-likeness (QED) is 0.0502. The van der Waals surface area contributed by atoms with Gasteiger partial charge in [0.05, 0.1) is 93.1 Å². The number of benzene rings is 3. The largest absolute Gasteiger partial charge is 0.508 e. The van der Waals surface area contributed by atoms with Gasteiger partial charge in [0, 0.05) is 172 Å². The second-order valence-corrected chi connectivity index (χ2v) is 31.3. The summed E-state index contributed by atoms with van der Waals surface area (Å²) in [5.41, 5.74) is 5.40. The van der Waals surface area contributed by atoms with Gasteiger partial charge in [-0.1, -0.05) is 79.3 Å². The number of phenolic OH excluding ortho intramolecular Hbond substituents is 3. The van der Waals surface area contributed by atoms with Gasteiger partial charge < -0.3 is 58.9 Å². The summed E-state index contributed by atoms with van der Waals surface area (Å²) in [5, 5.41) is 29.9. The van der Waals surface area contributed by atoms with E-state index in [1.807, 2.05) is 45.0 Å². The smallest absolute Gasteiger partial charge is 0.246 e. The van der Waals surface area contributed by atoms with Crippen molar-refractivity contribution in [1.29, 1.82) is 0 Å². The molecule has 0 radical (unpaired) electrons. The second kappa shape index (κ2) is 38.8. The number of nitrogens with zero attached hydrogens (tertiary/aromatic N) is 15. The van der Waals surface area contributed by atoms with Crippen LogP contribution < -0.4 is 14.7 Å². The fourth-order valence-electron chi connectivity index (χ4n) is 13.8. The number of ether oxygens (including phenoxy) is 3. The Morgan fingerprint density at radius 3 is 1.24 bits per heavy atom. The molecule has 3 aromatic carbocycles. The Hall–Kier alpha value is -10.6. The van der Waals surface area contributed by atoms with Crippen LogP contribution in [0.25, 0.3) is 64.8 Å². The van der Waals surface area contributed by atoms with Gasteiger partial charge in [0.2, 0.25) is 17.7 Å². The fourth-order valence-corrected chi connectivity index (χ4v) is 16.9. The number of rotatable bonds is 19. The molecule has 15 rings (SSSR count). The van der Waals surface area contributed by atoms with Crippen molar-refractivity contribution in [2.45, 2.75) is 46.1 Å². The molecule has 0 saturated carbocycles. The number of allylic oxidation sites excluding steroid dienone is 3. The predicted molar refractivity (Wildman–Crippen MR) is 443 cm³/mol. The standard InChI is InChI=1S/C30H33N5O4S.C28H33N5O4S.C26H27N5O3S/c1-2-5-23(36)9-10-27(38)34-14-12-33(13-15-34)11-4-8-25-21-26-28(40-25)30(35-16-18-39-19-17-35)32-29(31-26)22-6-3-7-24(37)20-22;1-19(2)24(35)6-7-25(36)32-10-8-31(9-11-32)18-22-17-23-26(38-22)28(33-12-14-37-15-13-33)30-27(29-23)20-4-3-5-21(34)16-20;1-2-23(33)30-11-9-29(10-12-30)8-4-7-21-18-22-24(35-21)26(31-13-15-34-16-14-31)28-25(27-22)19-5-3-6-20(32)17-19/h2-3,5-7,20-21,37H,9-19H2,1H3;3-5,16-17,34H,1,6-15,18H2,2H3;2-3,5-6,17-18,32H,1,8-16H2/b5-2+;;. The van der Waals surface area contributed by atoms with E-state index in [4.69, 9.17) is 44.1 Å². The molecule has 6 aromatic heterocycles. The first-order valence-corrected chi connectivity index (χ1v) is 40.7. The number of Topliss-reactive ketones (excluding diaryl/α,β-unsaturated/α-hetero) is 1. The summed E-state index contributed by atoms with van der Waals surface area (Å²) in [6.07, 6.45) is 5.59. The molecule has 0 bridgehead atoms. The number of carbonyl (C=O) groups excluding carboxylic acids is 5. The van der Waals surface area contributed by atoms with E-state index >= 15 is 0 Å². The zero-order chi connectivity index (χ0) is 78.7. The van der Waals surface area contributed by atoms with Crippen LogP contribution in [0.15, 0.2) is 128 Å². The van der Waals surface area contributed by atoms with Gasteiger partial charge in [0.1, 0.15) is 17.2 Å². The van der Waals surface area contributed by atoms with E-state index in [0.29, 0.717) is 115 Å². The van der Waals surface area contributed by atoms with E-state index < -0.39 is 0 Å². The van der Waals surface area contributed by atoms with Gasteiger partial charge in [0.25, 0.3) is 0 Å². The van der Waals surface area contributed by atoms with E-state index in [1.54, 1.807) is 109 Å². The lowest BCUT2D eigenvalue weighted by Gasteiger charge is -2.34. The number of aromatic nitrogens is 6. The summed E-state index contributed by atoms with van der Waals surface area (Å²) in [6, 6.07) is 27.2. The van der Waals surface area contributed by atoms with Crippen LogP contribution in [0.5, 0.6) is 17.2 Å². The summed E-state index contributed by atoms with van der Waals surface area (Å²) < 4.78 is 19.7. The summed E-state index contributed by atoms with van der Waals surface area (Å²) in [6.45, 7) is 30.0. The SMILES string of the molecule is C/C=C/C(=O)CCC(=O)N1CCN(CC#Cc2cc3nc(-c4cccc(O)c4)nc(N4CCOCC4)c3s2)CC1.C=C(C)C(=O)CCC(=O)N1CCN(Cc2cc3nc(-c4cccc(O)c4)nc(N4CCOCC4)c3s2)CC1.C=CC(=O)N1CCN(CC#Cc2cc3nc(-c4cccc(O)c4)nc(N4CCOCC4)c3s2)CC1. The highest BCUT2D eigenvalue weighted by Gasteiger charge is 2.28. The topological polar surface area (TPSA) is 280 Å². The molecule has 12 heterocycles. The minimum absolute atomic E-state index is 0.00960. The number of carbonyl (C=O) groups is 5. The Labute approximate surface area is 669 Å². The lowest BCUT2D eigenvalue weighted by atomic mass is 10.1. The average Bonchev–Trinajstić information content (AvgIpc) is 1.68. The number of anilines is 3. The minimum Gasteiger partial charge on any atom is -0.508 e. The van der Waals surface area contributed by atoms with Gasteiger partial charge in [-0.25, -0.2) is 29.9 Å². The average molecular weight is 1580 g/mol. The van der Waals surface area contributed by atoms with Crippen molar-refractivity contribution in [2.24, 2.45) is 0 Å². The lowest BCUT2D eigenvalue weighted by Crippen LogP contribution is -2.48. The van der Waals surface area contributed by atoms with Gasteiger partial charge >= 0.3 is 0 Å². The first kappa shape index (κ1) is 80.5. The zero-order valence-corrected chi connectivity index (χ0v) is 66.2. The van der Waals surface area contributed by atoms with E-state index in [2.05, 4.69) is 72.3 Å². The molecule has 6 saturated heterocycles. The molecule has 0 atom stereocenters. The zero-order valence-electron chi connectivity index (χ0n) is 63.8. The van der Waals surface area contributed by atoms with Crippen LogP contribution in [0.4, 0.5) is 17.5 Å². The van der Waals surface area contributed by atoms with Gasteiger partial charge in [0.15, 0.2) is 46.5 Å². The molecule has 6 aliphatic heterocycles. The third-order valence-corrected chi connectivity index (χ3v) is 23.2. The van der Waals surface area contributed by atoms with Crippen molar-refractivity contribution < 1.29 is 53.5 Å². The summed E-state index contributed by atoms with van der Waals surface area (Å²) in [5.74, 6) is 18.2. The Balaban J connectivity index is 0.000000148. The predicted octanol–water partition coefficient (Wildman–Crippen LogP) is 9.37. The molecule has 6 aliphatic rings. The van der Waals surface area contributed by atoms with Crippen LogP contribution in [0.3, 0.4) is 0 Å². The van der Waals surface area contributed by atoms with Crippen molar-refractivity contribution in [1.82, 2.24) is 59.3 Å². The van der Waals surface area contributed by atoms with E-state index in [-0.39, 0.29) is 72.2 Å². The molecular formula is C84H93N15O11S3. The van der Waals surface area contributed by atoms with E-state index in [1.165, 1.54) is 17.0 Å². The van der Waals surface area contributed by atoms with Crippen molar-refractivity contribution in [2.75, 3.05) is 185 Å². The highest BCUT2D eigenvalue weighted by atomic mass is 32.1. The number of morpholine rings is 3. The molecule has 0 spiro atoms. The number of amides is 3. The van der Waals surface area contributed by atoms with Crippen molar-refractivity contribution >= 4 is 111 Å². The van der Waals surface area contributed by atoms with Gasteiger partial charge in [-0.3, -0.25) is 38.7 Å². The molecule has 26 nitrogen and oxygen atoms in total. The Kier molecular flexibility index (Phi) is 27.6. The number of hydrogen-bond acceptors (Lipinski definition) is 26. The maximum atomic E-state index is 12.5. The number of phenols is 3. The third kappa shape index (κ3) is 21.4. The Bertz CT molecular complexity index is 5090. The molecule has 6 fully saturated rings. The highest BCUT2D eigenvalue weighted by Crippen LogP contribution is 2.39. The van der Waals surface area contributed by atoms with Crippen LogP contribution in [-0.4, -0.2) is 274 Å². The fraction of sp³-hybridized carbons (Fsp3) is 0.393. The number of piperazine rings is 3. The molecular weight excluding hydrogens is 1490 g/mol. The molecule has 29 heteroatoms. The second-order valence-electron chi connectivity index (χ2n) is 28.0. The van der Waals surface area contributed by atoms with Crippen LogP contribution in [0.1, 0.15) is 54.2 Å². The highest BCUT2D eigenvalue weighted by molar-refractivity contribution is 7.20. The third-order valence-electron chi connectivity index (χ3n) is 20.1. The van der Waals surface area contributed by atoms with Crippen LogP contribution in [0.2, 0.25) is 0 Å².